The average molecular weight is 306 g/mol. The van der Waals surface area contributed by atoms with Gasteiger partial charge in [-0.05, 0) is 23.8 Å². The standard InChI is InChI=1S/C14H12ClN3OS/c15-12-8-17-6-5-11(12)14(19)18-10-3-1-9(2-4-10)7-13(16)20/h1-6,8H,7H2,(H2,16,20)(H,18,19). The van der Waals surface area contributed by atoms with Crippen LogP contribution >= 0.6 is 23.8 Å². The van der Waals surface area contributed by atoms with E-state index >= 15 is 0 Å². The predicted molar refractivity (Wildman–Crippen MR) is 84.1 cm³/mol. The molecule has 2 rings (SSSR count). The number of hydrogen-bond acceptors (Lipinski definition) is 3. The molecule has 1 amide bonds. The lowest BCUT2D eigenvalue weighted by atomic mass is 10.1. The monoisotopic (exact) mass is 305 g/mol. The van der Waals surface area contributed by atoms with Crippen molar-refractivity contribution in [3.63, 3.8) is 0 Å². The molecule has 3 N–H and O–H groups in total. The predicted octanol–water partition coefficient (Wildman–Crippen LogP) is 2.82. The van der Waals surface area contributed by atoms with Crippen LogP contribution in [-0.2, 0) is 6.42 Å². The van der Waals surface area contributed by atoms with Crippen molar-refractivity contribution < 1.29 is 4.79 Å². The van der Waals surface area contributed by atoms with E-state index in [1.165, 1.54) is 12.4 Å². The number of hydrogen-bond donors (Lipinski definition) is 2. The first-order chi connectivity index (χ1) is 9.56. The van der Waals surface area contributed by atoms with E-state index in [0.717, 1.165) is 5.56 Å². The molecule has 0 atom stereocenters. The maximum atomic E-state index is 12.0. The number of carbonyl (C=O) groups is 1. The van der Waals surface area contributed by atoms with Crippen molar-refractivity contribution in [3.8, 4) is 0 Å². The van der Waals surface area contributed by atoms with Gasteiger partial charge < -0.3 is 11.1 Å². The molecule has 0 aliphatic carbocycles. The van der Waals surface area contributed by atoms with Crippen molar-refractivity contribution in [1.82, 2.24) is 4.98 Å². The summed E-state index contributed by atoms with van der Waals surface area (Å²) in [6.07, 6.45) is 3.49. The van der Waals surface area contributed by atoms with E-state index in [-0.39, 0.29) is 5.91 Å². The fourth-order valence-electron chi connectivity index (χ4n) is 1.66. The van der Waals surface area contributed by atoms with E-state index in [2.05, 4.69) is 10.3 Å². The Morgan fingerprint density at radius 3 is 2.60 bits per heavy atom. The molecular weight excluding hydrogens is 294 g/mol. The van der Waals surface area contributed by atoms with Gasteiger partial charge in [-0.25, -0.2) is 0 Å². The van der Waals surface area contributed by atoms with Crippen LogP contribution in [0.25, 0.3) is 0 Å². The Hall–Kier alpha value is -1.98. The Labute approximate surface area is 127 Å². The zero-order chi connectivity index (χ0) is 14.5. The van der Waals surface area contributed by atoms with Gasteiger partial charge in [0.05, 0.1) is 15.6 Å². The van der Waals surface area contributed by atoms with E-state index in [1.807, 2.05) is 12.1 Å². The van der Waals surface area contributed by atoms with E-state index < -0.39 is 0 Å². The largest absolute Gasteiger partial charge is 0.393 e. The second kappa shape index (κ2) is 6.45. The second-order valence-electron chi connectivity index (χ2n) is 4.15. The van der Waals surface area contributed by atoms with E-state index in [9.17, 15) is 4.79 Å². The maximum Gasteiger partial charge on any atom is 0.257 e. The zero-order valence-electron chi connectivity index (χ0n) is 10.5. The minimum atomic E-state index is -0.278. The highest BCUT2D eigenvalue weighted by molar-refractivity contribution is 7.80. The van der Waals surface area contributed by atoms with Gasteiger partial charge >= 0.3 is 0 Å². The SMILES string of the molecule is NC(=S)Cc1ccc(NC(=O)c2ccncc2Cl)cc1. The minimum absolute atomic E-state index is 0.278. The highest BCUT2D eigenvalue weighted by atomic mass is 35.5. The van der Waals surface area contributed by atoms with Crippen LogP contribution in [0.2, 0.25) is 5.02 Å². The number of anilines is 1. The number of carbonyl (C=O) groups excluding carboxylic acids is 1. The van der Waals surface area contributed by atoms with E-state index in [1.54, 1.807) is 18.2 Å². The third-order valence-corrected chi connectivity index (χ3v) is 3.05. The van der Waals surface area contributed by atoms with Crippen molar-refractivity contribution in [2.45, 2.75) is 6.42 Å². The summed E-state index contributed by atoms with van der Waals surface area (Å²) in [5.74, 6) is -0.278. The number of nitrogens with two attached hydrogens (primary N) is 1. The molecule has 0 radical (unpaired) electrons. The smallest absolute Gasteiger partial charge is 0.257 e. The molecule has 1 aromatic heterocycles. The number of pyridine rings is 1. The molecule has 0 spiro atoms. The summed E-state index contributed by atoms with van der Waals surface area (Å²) >= 11 is 10.8. The van der Waals surface area contributed by atoms with Crippen molar-refractivity contribution in [3.05, 3.63) is 58.9 Å². The number of rotatable bonds is 4. The Morgan fingerprint density at radius 1 is 1.30 bits per heavy atom. The van der Waals surface area contributed by atoms with Crippen molar-refractivity contribution in [2.24, 2.45) is 5.73 Å². The summed E-state index contributed by atoms with van der Waals surface area (Å²) in [4.78, 5) is 16.3. The average Bonchev–Trinajstić information content (AvgIpc) is 2.41. The first kappa shape index (κ1) is 14.4. The summed E-state index contributed by atoms with van der Waals surface area (Å²) in [6, 6.07) is 8.88. The fourth-order valence-corrected chi connectivity index (χ4v) is 2.04. The molecule has 0 aliphatic heterocycles. The Balaban J connectivity index is 2.09. The van der Waals surface area contributed by atoms with Crippen LogP contribution < -0.4 is 11.1 Å². The molecular formula is C14H12ClN3OS. The molecule has 2 aromatic rings. The molecule has 4 nitrogen and oxygen atoms in total. The van der Waals surface area contributed by atoms with Gasteiger partial charge in [0.1, 0.15) is 0 Å². The van der Waals surface area contributed by atoms with Crippen LogP contribution in [0, 0.1) is 0 Å². The third kappa shape index (κ3) is 3.76. The van der Waals surface area contributed by atoms with Crippen molar-refractivity contribution in [2.75, 3.05) is 5.32 Å². The molecule has 0 saturated carbocycles. The van der Waals surface area contributed by atoms with Gasteiger partial charge in [0.15, 0.2) is 0 Å². The normalized spacial score (nSPS) is 10.1. The lowest BCUT2D eigenvalue weighted by Gasteiger charge is -2.07. The Bertz CT molecular complexity index is 643. The van der Waals surface area contributed by atoms with Gasteiger partial charge in [-0.1, -0.05) is 36.0 Å². The van der Waals surface area contributed by atoms with Crippen LogP contribution in [-0.4, -0.2) is 15.9 Å². The van der Waals surface area contributed by atoms with Gasteiger partial charge in [-0.15, -0.1) is 0 Å². The Kier molecular flexibility index (Phi) is 4.65. The quantitative estimate of drug-likeness (QED) is 0.852. The van der Waals surface area contributed by atoms with Crippen LogP contribution in [0.4, 0.5) is 5.69 Å². The number of thiocarbonyl (C=S) groups is 1. The molecule has 1 heterocycles. The molecule has 102 valence electrons. The summed E-state index contributed by atoms with van der Waals surface area (Å²) in [5, 5.41) is 3.08. The number of aromatic nitrogens is 1. The van der Waals surface area contributed by atoms with Crippen LogP contribution in [0.5, 0.6) is 0 Å². The maximum absolute atomic E-state index is 12.0. The molecule has 1 aromatic carbocycles. The zero-order valence-corrected chi connectivity index (χ0v) is 12.0. The van der Waals surface area contributed by atoms with E-state index in [0.29, 0.717) is 27.7 Å². The molecule has 6 heteroatoms. The van der Waals surface area contributed by atoms with Gasteiger partial charge in [0.2, 0.25) is 0 Å². The molecule has 0 aliphatic rings. The third-order valence-electron chi connectivity index (χ3n) is 2.61. The van der Waals surface area contributed by atoms with Gasteiger partial charge in [-0.2, -0.15) is 0 Å². The van der Waals surface area contributed by atoms with Crippen molar-refractivity contribution >= 4 is 40.4 Å². The fraction of sp³-hybridized carbons (Fsp3) is 0.0714. The molecule has 0 saturated heterocycles. The Morgan fingerprint density at radius 2 is 2.00 bits per heavy atom. The molecule has 0 unspecified atom stereocenters. The summed E-state index contributed by atoms with van der Waals surface area (Å²) in [6.45, 7) is 0. The lowest BCUT2D eigenvalue weighted by Crippen LogP contribution is -2.13. The van der Waals surface area contributed by atoms with Gasteiger partial charge in [0, 0.05) is 24.5 Å². The van der Waals surface area contributed by atoms with Crippen LogP contribution in [0.1, 0.15) is 15.9 Å². The highest BCUT2D eigenvalue weighted by Gasteiger charge is 2.10. The topological polar surface area (TPSA) is 68.0 Å². The number of nitrogens with zero attached hydrogens (tertiary/aromatic N) is 1. The van der Waals surface area contributed by atoms with Crippen LogP contribution in [0.15, 0.2) is 42.7 Å². The first-order valence-corrected chi connectivity index (χ1v) is 6.63. The lowest BCUT2D eigenvalue weighted by molar-refractivity contribution is 0.102. The molecule has 0 bridgehead atoms. The molecule has 0 fully saturated rings. The first-order valence-electron chi connectivity index (χ1n) is 5.84. The minimum Gasteiger partial charge on any atom is -0.393 e. The summed E-state index contributed by atoms with van der Waals surface area (Å²) < 4.78 is 0. The summed E-state index contributed by atoms with van der Waals surface area (Å²) in [7, 11) is 0. The van der Waals surface area contributed by atoms with Crippen LogP contribution in [0.3, 0.4) is 0 Å². The number of nitrogens with one attached hydrogen (secondary N) is 1. The van der Waals surface area contributed by atoms with E-state index in [4.69, 9.17) is 29.6 Å². The van der Waals surface area contributed by atoms with Gasteiger partial charge in [0.25, 0.3) is 5.91 Å². The summed E-state index contributed by atoms with van der Waals surface area (Å²) in [5.41, 5.74) is 7.53. The highest BCUT2D eigenvalue weighted by Crippen LogP contribution is 2.16. The number of amides is 1. The second-order valence-corrected chi connectivity index (χ2v) is 5.08. The van der Waals surface area contributed by atoms with Gasteiger partial charge in [-0.3, -0.25) is 9.78 Å². The number of benzene rings is 1. The molecule has 20 heavy (non-hydrogen) atoms. The number of halogens is 1. The van der Waals surface area contributed by atoms with Crippen molar-refractivity contribution in [1.29, 1.82) is 0 Å².